The van der Waals surface area contributed by atoms with Gasteiger partial charge in [0.05, 0.1) is 12.6 Å². The molecule has 92 valence electrons. The van der Waals surface area contributed by atoms with Crippen LogP contribution in [-0.4, -0.2) is 46.8 Å². The molecule has 0 amide bonds. The van der Waals surface area contributed by atoms with Crippen LogP contribution < -0.4 is 5.73 Å². The highest BCUT2D eigenvalue weighted by molar-refractivity contribution is 5.81. The van der Waals surface area contributed by atoms with Gasteiger partial charge < -0.3 is 16.0 Å². The third-order valence-corrected chi connectivity index (χ3v) is 3.63. The lowest BCUT2D eigenvalue weighted by atomic mass is 9.90. The van der Waals surface area contributed by atoms with E-state index in [9.17, 15) is 5.11 Å². The summed E-state index contributed by atoms with van der Waals surface area (Å²) in [5, 5.41) is 21.4. The average molecular weight is 227 g/mol. The molecule has 0 aromatic carbocycles. The molecule has 1 aliphatic heterocycles. The SMILES string of the molecule is NC(CN1CC[C@@H](O)[C@H](CC2CC2)C1)=NO. The fourth-order valence-electron chi connectivity index (χ4n) is 2.51. The number of hydrogen-bond donors (Lipinski definition) is 3. The molecule has 1 saturated heterocycles. The fourth-order valence-corrected chi connectivity index (χ4v) is 2.51. The minimum absolute atomic E-state index is 0.163. The predicted octanol–water partition coefficient (Wildman–Crippen LogP) is 0.216. The molecule has 0 spiro atoms. The number of aliphatic hydroxyl groups excluding tert-OH is 1. The highest BCUT2D eigenvalue weighted by Gasteiger charge is 2.33. The molecule has 0 unspecified atom stereocenters. The summed E-state index contributed by atoms with van der Waals surface area (Å²) in [7, 11) is 0. The highest BCUT2D eigenvalue weighted by Crippen LogP contribution is 2.37. The number of hydrogen-bond acceptors (Lipinski definition) is 4. The van der Waals surface area contributed by atoms with Crippen molar-refractivity contribution in [1.82, 2.24) is 4.90 Å². The van der Waals surface area contributed by atoms with Gasteiger partial charge in [-0.2, -0.15) is 0 Å². The van der Waals surface area contributed by atoms with Gasteiger partial charge >= 0.3 is 0 Å². The Kier molecular flexibility index (Phi) is 3.66. The first-order chi connectivity index (χ1) is 7.69. The zero-order valence-electron chi connectivity index (χ0n) is 9.55. The van der Waals surface area contributed by atoms with E-state index in [1.807, 2.05) is 0 Å². The number of oxime groups is 1. The van der Waals surface area contributed by atoms with Crippen molar-refractivity contribution in [3.05, 3.63) is 0 Å². The molecule has 1 saturated carbocycles. The van der Waals surface area contributed by atoms with E-state index < -0.39 is 0 Å². The van der Waals surface area contributed by atoms with Crippen LogP contribution in [0.5, 0.6) is 0 Å². The number of piperidine rings is 1. The normalized spacial score (nSPS) is 32.9. The molecule has 16 heavy (non-hydrogen) atoms. The largest absolute Gasteiger partial charge is 0.409 e. The van der Waals surface area contributed by atoms with E-state index in [1.54, 1.807) is 0 Å². The Hall–Kier alpha value is -0.810. The third kappa shape index (κ3) is 3.09. The molecule has 2 fully saturated rings. The van der Waals surface area contributed by atoms with Crippen molar-refractivity contribution in [2.24, 2.45) is 22.7 Å². The molecule has 2 atom stereocenters. The van der Waals surface area contributed by atoms with Gasteiger partial charge in [0.15, 0.2) is 5.84 Å². The van der Waals surface area contributed by atoms with E-state index >= 15 is 0 Å². The summed E-state index contributed by atoms with van der Waals surface area (Å²) in [5.74, 6) is 1.46. The Morgan fingerprint density at radius 2 is 2.12 bits per heavy atom. The average Bonchev–Trinajstić information content (AvgIpc) is 3.07. The minimum Gasteiger partial charge on any atom is -0.409 e. The van der Waals surface area contributed by atoms with Gasteiger partial charge in [0.2, 0.25) is 0 Å². The van der Waals surface area contributed by atoms with Crippen molar-refractivity contribution in [3.8, 4) is 0 Å². The van der Waals surface area contributed by atoms with Gasteiger partial charge in [-0.1, -0.05) is 18.0 Å². The smallest absolute Gasteiger partial charge is 0.153 e. The van der Waals surface area contributed by atoms with Gasteiger partial charge in [-0.15, -0.1) is 0 Å². The summed E-state index contributed by atoms with van der Waals surface area (Å²) in [6, 6.07) is 0. The first-order valence-corrected chi connectivity index (χ1v) is 6.06. The molecular weight excluding hydrogens is 206 g/mol. The van der Waals surface area contributed by atoms with Crippen LogP contribution in [-0.2, 0) is 0 Å². The number of nitrogens with zero attached hydrogens (tertiary/aromatic N) is 2. The lowest BCUT2D eigenvalue weighted by molar-refractivity contribution is 0.0258. The molecular formula is C11H21N3O2. The molecule has 1 heterocycles. The van der Waals surface area contributed by atoms with Crippen molar-refractivity contribution in [3.63, 3.8) is 0 Å². The maximum Gasteiger partial charge on any atom is 0.153 e. The van der Waals surface area contributed by atoms with E-state index in [0.29, 0.717) is 12.5 Å². The number of aliphatic hydroxyl groups is 1. The fraction of sp³-hybridized carbons (Fsp3) is 0.909. The standard InChI is InChI=1S/C11H21N3O2/c12-11(13-16)7-14-4-3-10(15)9(6-14)5-8-1-2-8/h8-10,15-16H,1-7H2,(H2,12,13)/t9-,10-/m1/s1. The van der Waals surface area contributed by atoms with Crippen LogP contribution in [0.3, 0.4) is 0 Å². The molecule has 0 aromatic heterocycles. The lowest BCUT2D eigenvalue weighted by Gasteiger charge is -2.36. The quantitative estimate of drug-likeness (QED) is 0.278. The number of rotatable bonds is 4. The Morgan fingerprint density at radius 3 is 2.75 bits per heavy atom. The van der Waals surface area contributed by atoms with E-state index in [4.69, 9.17) is 10.9 Å². The molecule has 2 rings (SSSR count). The van der Waals surface area contributed by atoms with Crippen molar-refractivity contribution in [2.45, 2.75) is 31.8 Å². The summed E-state index contributed by atoms with van der Waals surface area (Å²) in [6.07, 6.45) is 4.42. The monoisotopic (exact) mass is 227 g/mol. The number of amidine groups is 1. The van der Waals surface area contributed by atoms with Gasteiger partial charge in [0.1, 0.15) is 0 Å². The second kappa shape index (κ2) is 5.01. The van der Waals surface area contributed by atoms with Crippen LogP contribution in [0.25, 0.3) is 0 Å². The highest BCUT2D eigenvalue weighted by atomic mass is 16.4. The third-order valence-electron chi connectivity index (χ3n) is 3.63. The second-order valence-electron chi connectivity index (χ2n) is 5.12. The first kappa shape index (κ1) is 11.7. The molecule has 2 aliphatic rings. The van der Waals surface area contributed by atoms with Crippen molar-refractivity contribution in [1.29, 1.82) is 0 Å². The lowest BCUT2D eigenvalue weighted by Crippen LogP contribution is -2.46. The predicted molar refractivity (Wildman–Crippen MR) is 61.3 cm³/mol. The Labute approximate surface area is 95.9 Å². The second-order valence-corrected chi connectivity index (χ2v) is 5.12. The molecule has 0 bridgehead atoms. The molecule has 5 heteroatoms. The molecule has 0 aromatic rings. The van der Waals surface area contributed by atoms with Crippen molar-refractivity contribution in [2.75, 3.05) is 19.6 Å². The zero-order valence-corrected chi connectivity index (χ0v) is 9.55. The van der Waals surface area contributed by atoms with Gasteiger partial charge in [0, 0.05) is 13.1 Å². The van der Waals surface area contributed by atoms with Gasteiger partial charge in [-0.05, 0) is 24.7 Å². The van der Waals surface area contributed by atoms with E-state index in [2.05, 4.69) is 10.1 Å². The zero-order chi connectivity index (χ0) is 11.5. The van der Waals surface area contributed by atoms with Crippen molar-refractivity contribution >= 4 is 5.84 Å². The van der Waals surface area contributed by atoms with E-state index in [1.165, 1.54) is 12.8 Å². The maximum absolute atomic E-state index is 9.92. The van der Waals surface area contributed by atoms with Crippen LogP contribution in [0.1, 0.15) is 25.7 Å². The minimum atomic E-state index is -0.163. The van der Waals surface area contributed by atoms with Crippen LogP contribution in [0, 0.1) is 11.8 Å². The summed E-state index contributed by atoms with van der Waals surface area (Å²) in [6.45, 7) is 2.21. The van der Waals surface area contributed by atoms with Crippen LogP contribution >= 0.6 is 0 Å². The molecule has 5 nitrogen and oxygen atoms in total. The van der Waals surface area contributed by atoms with E-state index in [-0.39, 0.29) is 11.9 Å². The van der Waals surface area contributed by atoms with Crippen LogP contribution in [0.15, 0.2) is 5.16 Å². The Balaban J connectivity index is 1.82. The molecule has 0 radical (unpaired) electrons. The summed E-state index contributed by atoms with van der Waals surface area (Å²) in [4.78, 5) is 2.16. The number of nitrogens with two attached hydrogens (primary N) is 1. The molecule has 4 N–H and O–H groups in total. The topological polar surface area (TPSA) is 82.1 Å². The van der Waals surface area contributed by atoms with Gasteiger partial charge in [0.25, 0.3) is 0 Å². The Morgan fingerprint density at radius 1 is 1.38 bits per heavy atom. The summed E-state index contributed by atoms with van der Waals surface area (Å²) in [5.41, 5.74) is 5.49. The van der Waals surface area contributed by atoms with Gasteiger partial charge in [-0.25, -0.2) is 0 Å². The van der Waals surface area contributed by atoms with E-state index in [0.717, 1.165) is 31.8 Å². The van der Waals surface area contributed by atoms with Gasteiger partial charge in [-0.3, -0.25) is 4.90 Å². The first-order valence-electron chi connectivity index (χ1n) is 6.06. The Bertz CT molecular complexity index is 266. The summed E-state index contributed by atoms with van der Waals surface area (Å²) < 4.78 is 0. The summed E-state index contributed by atoms with van der Waals surface area (Å²) >= 11 is 0. The van der Waals surface area contributed by atoms with Crippen molar-refractivity contribution < 1.29 is 10.3 Å². The van der Waals surface area contributed by atoms with Crippen LogP contribution in [0.2, 0.25) is 0 Å². The molecule has 1 aliphatic carbocycles. The maximum atomic E-state index is 9.92. The number of likely N-dealkylation sites (tertiary alicyclic amines) is 1. The van der Waals surface area contributed by atoms with Crippen LogP contribution in [0.4, 0.5) is 0 Å².